The summed E-state index contributed by atoms with van der Waals surface area (Å²) >= 11 is 11.5. The van der Waals surface area contributed by atoms with Gasteiger partial charge in [0.05, 0.1) is 5.02 Å². The van der Waals surface area contributed by atoms with Crippen molar-refractivity contribution >= 4 is 29.2 Å². The van der Waals surface area contributed by atoms with Crippen molar-refractivity contribution in [3.05, 3.63) is 28.2 Å². The molecule has 0 aliphatic rings. The van der Waals surface area contributed by atoms with Crippen LogP contribution in [0, 0.1) is 0 Å². The largest absolute Gasteiger partial charge is 0.456 e. The second-order valence-corrected chi connectivity index (χ2v) is 3.32. The smallest absolute Gasteiger partial charge is 0.305 e. The summed E-state index contributed by atoms with van der Waals surface area (Å²) in [7, 11) is 0. The van der Waals surface area contributed by atoms with Crippen molar-refractivity contribution in [3.63, 3.8) is 0 Å². The lowest BCUT2D eigenvalue weighted by Crippen LogP contribution is -2.06. The molecule has 3 nitrogen and oxygen atoms in total. The van der Waals surface area contributed by atoms with Crippen molar-refractivity contribution in [1.82, 2.24) is 0 Å². The van der Waals surface area contributed by atoms with Crippen LogP contribution in [0.15, 0.2) is 18.2 Å². The normalized spacial score (nSPS) is 9.64. The number of hydrogen-bond donors (Lipinski definition) is 0. The van der Waals surface area contributed by atoms with E-state index in [2.05, 4.69) is 4.74 Å². The fourth-order valence-electron chi connectivity index (χ4n) is 0.768. The number of benzene rings is 1. The number of carbonyl (C=O) groups is 1. The molecule has 0 N–H and O–H groups in total. The van der Waals surface area contributed by atoms with Crippen molar-refractivity contribution in [1.29, 1.82) is 0 Å². The first-order valence-electron chi connectivity index (χ1n) is 3.81. The molecule has 0 unspecified atom stereocenters. The molecule has 0 heterocycles. The number of hydrogen-bond acceptors (Lipinski definition) is 3. The molecule has 0 aliphatic carbocycles. The minimum atomic E-state index is -0.407. The van der Waals surface area contributed by atoms with Gasteiger partial charge in [-0.05, 0) is 18.2 Å². The first-order chi connectivity index (χ1) is 6.59. The van der Waals surface area contributed by atoms with E-state index in [1.54, 1.807) is 18.2 Å². The zero-order chi connectivity index (χ0) is 10.6. The van der Waals surface area contributed by atoms with Gasteiger partial charge in [-0.25, -0.2) is 0 Å². The molecule has 1 aromatic rings. The third kappa shape index (κ3) is 3.44. The number of ether oxygens (including phenoxy) is 2. The summed E-state index contributed by atoms with van der Waals surface area (Å²) in [6.07, 6.45) is 0. The molecular weight excluding hydrogens is 227 g/mol. The van der Waals surface area contributed by atoms with Gasteiger partial charge in [-0.15, -0.1) is 0 Å². The summed E-state index contributed by atoms with van der Waals surface area (Å²) in [6.45, 7) is 1.14. The summed E-state index contributed by atoms with van der Waals surface area (Å²) in [4.78, 5) is 10.4. The Morgan fingerprint density at radius 2 is 2.14 bits per heavy atom. The molecule has 1 rings (SSSR count). The van der Waals surface area contributed by atoms with Crippen LogP contribution in [0.4, 0.5) is 0 Å². The van der Waals surface area contributed by atoms with Crippen LogP contribution in [-0.4, -0.2) is 12.8 Å². The maximum atomic E-state index is 10.4. The number of carbonyl (C=O) groups excluding carboxylic acids is 1. The van der Waals surface area contributed by atoms with Crippen molar-refractivity contribution < 1.29 is 14.3 Å². The van der Waals surface area contributed by atoms with Gasteiger partial charge in [-0.3, -0.25) is 4.79 Å². The van der Waals surface area contributed by atoms with E-state index in [1.807, 2.05) is 0 Å². The SMILES string of the molecule is CC(=O)OCOc1ccc(Cl)cc1Cl. The fraction of sp³-hybridized carbons (Fsp3) is 0.222. The number of esters is 1. The molecule has 0 atom stereocenters. The molecule has 1 aromatic carbocycles. The summed E-state index contributed by atoms with van der Waals surface area (Å²) in [6, 6.07) is 4.79. The van der Waals surface area contributed by atoms with Crippen LogP contribution in [0.1, 0.15) is 6.92 Å². The molecule has 14 heavy (non-hydrogen) atoms. The molecule has 0 saturated carbocycles. The van der Waals surface area contributed by atoms with Gasteiger partial charge >= 0.3 is 5.97 Å². The van der Waals surface area contributed by atoms with Crippen LogP contribution in [-0.2, 0) is 9.53 Å². The summed E-state index contributed by atoms with van der Waals surface area (Å²) in [5.41, 5.74) is 0. The first kappa shape index (κ1) is 11.1. The fourth-order valence-corrected chi connectivity index (χ4v) is 1.23. The van der Waals surface area contributed by atoms with Crippen molar-refractivity contribution in [3.8, 4) is 5.75 Å². The second kappa shape index (κ2) is 5.08. The van der Waals surface area contributed by atoms with Gasteiger partial charge < -0.3 is 9.47 Å². The molecule has 0 amide bonds. The average molecular weight is 235 g/mol. The standard InChI is InChI=1S/C9H8Cl2O3/c1-6(12)13-5-14-9-3-2-7(10)4-8(9)11/h2-4H,5H2,1H3. The zero-order valence-corrected chi connectivity index (χ0v) is 8.93. The zero-order valence-electron chi connectivity index (χ0n) is 7.42. The predicted molar refractivity (Wildman–Crippen MR) is 53.7 cm³/mol. The van der Waals surface area contributed by atoms with E-state index in [0.717, 1.165) is 0 Å². The molecule has 76 valence electrons. The van der Waals surface area contributed by atoms with Crippen LogP contribution < -0.4 is 4.74 Å². The quantitative estimate of drug-likeness (QED) is 0.596. The maximum absolute atomic E-state index is 10.4. The minimum absolute atomic E-state index is 0.156. The lowest BCUT2D eigenvalue weighted by molar-refractivity contribution is -0.147. The molecule has 0 bridgehead atoms. The molecule has 0 aromatic heterocycles. The van der Waals surface area contributed by atoms with Gasteiger partial charge in [0.25, 0.3) is 0 Å². The highest BCUT2D eigenvalue weighted by Crippen LogP contribution is 2.27. The van der Waals surface area contributed by atoms with E-state index in [1.165, 1.54) is 6.92 Å². The molecule has 0 radical (unpaired) electrons. The monoisotopic (exact) mass is 234 g/mol. The second-order valence-electron chi connectivity index (χ2n) is 2.47. The van der Waals surface area contributed by atoms with Crippen molar-refractivity contribution in [2.24, 2.45) is 0 Å². The average Bonchev–Trinajstić information content (AvgIpc) is 2.08. The summed E-state index contributed by atoms with van der Waals surface area (Å²) in [5.74, 6) is 0.0207. The third-order valence-electron chi connectivity index (χ3n) is 1.37. The number of halogens is 2. The van der Waals surface area contributed by atoms with E-state index in [4.69, 9.17) is 27.9 Å². The highest BCUT2D eigenvalue weighted by atomic mass is 35.5. The van der Waals surface area contributed by atoms with Gasteiger partial charge in [-0.1, -0.05) is 23.2 Å². The summed E-state index contributed by atoms with van der Waals surface area (Å²) in [5, 5.41) is 0.902. The predicted octanol–water partition coefficient (Wildman–Crippen LogP) is 2.89. The lowest BCUT2D eigenvalue weighted by atomic mass is 10.3. The highest BCUT2D eigenvalue weighted by molar-refractivity contribution is 6.35. The third-order valence-corrected chi connectivity index (χ3v) is 1.90. The Balaban J connectivity index is 2.55. The highest BCUT2D eigenvalue weighted by Gasteiger charge is 2.02. The summed E-state index contributed by atoms with van der Waals surface area (Å²) < 4.78 is 9.65. The van der Waals surface area contributed by atoms with Crippen LogP contribution in [0.25, 0.3) is 0 Å². The Bertz CT molecular complexity index is 339. The van der Waals surface area contributed by atoms with E-state index >= 15 is 0 Å². The molecule has 0 fully saturated rings. The molecule has 0 aliphatic heterocycles. The van der Waals surface area contributed by atoms with E-state index < -0.39 is 5.97 Å². The number of rotatable bonds is 3. The van der Waals surface area contributed by atoms with Crippen LogP contribution in [0.5, 0.6) is 5.75 Å². The first-order valence-corrected chi connectivity index (χ1v) is 4.56. The Hall–Kier alpha value is -0.930. The Kier molecular flexibility index (Phi) is 4.04. The van der Waals surface area contributed by atoms with E-state index in [-0.39, 0.29) is 6.79 Å². The Labute approximate surface area is 91.5 Å². The van der Waals surface area contributed by atoms with Crippen LogP contribution in [0.2, 0.25) is 10.0 Å². The topological polar surface area (TPSA) is 35.5 Å². The van der Waals surface area contributed by atoms with Gasteiger partial charge in [0, 0.05) is 11.9 Å². The van der Waals surface area contributed by atoms with Gasteiger partial charge in [0.1, 0.15) is 5.75 Å². The Morgan fingerprint density at radius 3 is 2.71 bits per heavy atom. The van der Waals surface area contributed by atoms with Gasteiger partial charge in [-0.2, -0.15) is 0 Å². The van der Waals surface area contributed by atoms with Crippen LogP contribution in [0.3, 0.4) is 0 Å². The van der Waals surface area contributed by atoms with Crippen molar-refractivity contribution in [2.75, 3.05) is 6.79 Å². The molecule has 0 spiro atoms. The van der Waals surface area contributed by atoms with Crippen molar-refractivity contribution in [2.45, 2.75) is 6.92 Å². The van der Waals surface area contributed by atoms with Gasteiger partial charge in [0.15, 0.2) is 0 Å². The van der Waals surface area contributed by atoms with Gasteiger partial charge in [0.2, 0.25) is 6.79 Å². The lowest BCUT2D eigenvalue weighted by Gasteiger charge is -2.07. The molecule has 0 saturated heterocycles. The van der Waals surface area contributed by atoms with E-state index in [9.17, 15) is 4.79 Å². The minimum Gasteiger partial charge on any atom is -0.456 e. The molecular formula is C9H8Cl2O3. The van der Waals surface area contributed by atoms with Crippen LogP contribution >= 0.6 is 23.2 Å². The maximum Gasteiger partial charge on any atom is 0.305 e. The Morgan fingerprint density at radius 1 is 1.43 bits per heavy atom. The molecule has 5 heteroatoms. The van der Waals surface area contributed by atoms with E-state index in [0.29, 0.717) is 15.8 Å².